The molecular formula is C28H22. The summed E-state index contributed by atoms with van der Waals surface area (Å²) in [4.78, 5) is 0. The Morgan fingerprint density at radius 1 is 0.536 bits per heavy atom. The van der Waals surface area contributed by atoms with Crippen LogP contribution >= 0.6 is 0 Å². The Labute approximate surface area is 165 Å². The summed E-state index contributed by atoms with van der Waals surface area (Å²) in [7, 11) is 0. The van der Waals surface area contributed by atoms with Crippen molar-refractivity contribution in [1.29, 1.82) is 0 Å². The van der Waals surface area contributed by atoms with Crippen molar-refractivity contribution in [3.8, 4) is 11.1 Å². The topological polar surface area (TPSA) is 0 Å². The molecule has 5 aromatic carbocycles. The Bertz CT molecular complexity index is 1430. The molecule has 0 atom stereocenters. The Hall–Kier alpha value is -3.12. The van der Waals surface area contributed by atoms with Gasteiger partial charge in [0.2, 0.25) is 0 Å². The highest BCUT2D eigenvalue weighted by atomic mass is 14.4. The zero-order valence-corrected chi connectivity index (χ0v) is 16.5. The molecule has 0 nitrogen and oxygen atoms in total. The number of hydrogen-bond acceptors (Lipinski definition) is 0. The highest BCUT2D eigenvalue weighted by Crippen LogP contribution is 2.50. The fraction of sp³-hybridized carbons (Fsp3) is 0.143. The summed E-state index contributed by atoms with van der Waals surface area (Å²) in [6.07, 6.45) is 0. The second-order valence-electron chi connectivity index (χ2n) is 8.79. The van der Waals surface area contributed by atoms with Gasteiger partial charge in [-0.25, -0.2) is 0 Å². The van der Waals surface area contributed by atoms with E-state index >= 15 is 0 Å². The van der Waals surface area contributed by atoms with E-state index in [-0.39, 0.29) is 5.41 Å². The Balaban J connectivity index is 1.68. The molecule has 0 amide bonds. The summed E-state index contributed by atoms with van der Waals surface area (Å²) in [5.41, 5.74) is 6.90. The van der Waals surface area contributed by atoms with E-state index in [1.165, 1.54) is 60.1 Å². The maximum absolute atomic E-state index is 2.43. The van der Waals surface area contributed by atoms with Crippen molar-refractivity contribution in [3.63, 3.8) is 0 Å². The third-order valence-electron chi connectivity index (χ3n) is 6.60. The molecule has 0 bridgehead atoms. The van der Waals surface area contributed by atoms with Gasteiger partial charge in [0.1, 0.15) is 0 Å². The van der Waals surface area contributed by atoms with Crippen LogP contribution in [0.5, 0.6) is 0 Å². The Kier molecular flexibility index (Phi) is 2.97. The van der Waals surface area contributed by atoms with Gasteiger partial charge in [-0.05, 0) is 79.7 Å². The van der Waals surface area contributed by atoms with Crippen molar-refractivity contribution in [2.75, 3.05) is 0 Å². The first-order chi connectivity index (χ1) is 13.5. The van der Waals surface area contributed by atoms with Crippen LogP contribution in [-0.4, -0.2) is 0 Å². The molecule has 1 aliphatic carbocycles. The van der Waals surface area contributed by atoms with Gasteiger partial charge in [-0.1, -0.05) is 80.1 Å². The first-order valence-corrected chi connectivity index (χ1v) is 10.0. The summed E-state index contributed by atoms with van der Waals surface area (Å²) in [6, 6.07) is 29.5. The number of aryl methyl sites for hydroxylation is 1. The molecule has 0 spiro atoms. The van der Waals surface area contributed by atoms with Crippen LogP contribution < -0.4 is 0 Å². The van der Waals surface area contributed by atoms with Crippen LogP contribution in [0.1, 0.15) is 30.5 Å². The van der Waals surface area contributed by atoms with Gasteiger partial charge in [0.05, 0.1) is 0 Å². The lowest BCUT2D eigenvalue weighted by Crippen LogP contribution is -2.15. The summed E-state index contributed by atoms with van der Waals surface area (Å²) < 4.78 is 0. The molecule has 1 aliphatic rings. The minimum Gasteiger partial charge on any atom is -0.0616 e. The molecule has 0 saturated carbocycles. The van der Waals surface area contributed by atoms with Gasteiger partial charge < -0.3 is 0 Å². The molecule has 28 heavy (non-hydrogen) atoms. The van der Waals surface area contributed by atoms with E-state index in [4.69, 9.17) is 0 Å². The van der Waals surface area contributed by atoms with Gasteiger partial charge in [-0.2, -0.15) is 0 Å². The van der Waals surface area contributed by atoms with Crippen molar-refractivity contribution in [1.82, 2.24) is 0 Å². The predicted octanol–water partition coefficient (Wildman–Crippen LogP) is 7.76. The molecule has 0 radical (unpaired) electrons. The molecule has 5 aromatic rings. The molecule has 0 saturated heterocycles. The number of hydrogen-bond donors (Lipinski definition) is 0. The standard InChI is InChI=1S/C28H22/c1-17-12-21-10-11-22-15-23(20-9-8-18-6-4-5-7-19(18)14-20)16-25-27(22)26(21)24(13-17)28(25,2)3/h4-16H,1-3H3. The maximum Gasteiger partial charge on any atom is 0.0159 e. The van der Waals surface area contributed by atoms with Crippen molar-refractivity contribution >= 4 is 32.3 Å². The van der Waals surface area contributed by atoms with Gasteiger partial charge >= 0.3 is 0 Å². The van der Waals surface area contributed by atoms with Crippen LogP contribution in [0.4, 0.5) is 0 Å². The highest BCUT2D eigenvalue weighted by Gasteiger charge is 2.34. The number of rotatable bonds is 1. The average Bonchev–Trinajstić information content (AvgIpc) is 2.93. The third-order valence-corrected chi connectivity index (χ3v) is 6.60. The molecule has 134 valence electrons. The van der Waals surface area contributed by atoms with Crippen LogP contribution in [0, 0.1) is 6.92 Å². The van der Waals surface area contributed by atoms with E-state index in [9.17, 15) is 0 Å². The first kappa shape index (κ1) is 15.9. The normalized spacial score (nSPS) is 14.5. The molecule has 0 N–H and O–H groups in total. The number of benzene rings is 5. The number of fused-ring (bicyclic) bond motifs is 1. The van der Waals surface area contributed by atoms with E-state index < -0.39 is 0 Å². The van der Waals surface area contributed by atoms with E-state index in [0.717, 1.165) is 0 Å². The lowest BCUT2D eigenvalue weighted by molar-refractivity contribution is 0.662. The zero-order chi connectivity index (χ0) is 19.0. The van der Waals surface area contributed by atoms with E-state index in [1.807, 2.05) is 0 Å². The van der Waals surface area contributed by atoms with Gasteiger partial charge in [-0.3, -0.25) is 0 Å². The quantitative estimate of drug-likeness (QED) is 0.269. The first-order valence-electron chi connectivity index (χ1n) is 10.0. The summed E-state index contributed by atoms with van der Waals surface area (Å²) in [5.74, 6) is 0. The second kappa shape index (κ2) is 5.23. The molecule has 6 rings (SSSR count). The fourth-order valence-corrected chi connectivity index (χ4v) is 5.15. The minimum atomic E-state index is 0.0269. The van der Waals surface area contributed by atoms with Gasteiger partial charge in [0.15, 0.2) is 0 Å². The zero-order valence-electron chi connectivity index (χ0n) is 16.5. The summed E-state index contributed by atoms with van der Waals surface area (Å²) >= 11 is 0. The van der Waals surface area contributed by atoms with Crippen molar-refractivity contribution in [2.24, 2.45) is 0 Å². The lowest BCUT2D eigenvalue weighted by Gasteiger charge is -2.23. The fourth-order valence-electron chi connectivity index (χ4n) is 5.15. The summed E-state index contributed by atoms with van der Waals surface area (Å²) in [6.45, 7) is 6.96. The smallest absolute Gasteiger partial charge is 0.0159 e. The maximum atomic E-state index is 2.43. The molecule has 0 heterocycles. The van der Waals surface area contributed by atoms with E-state index in [1.54, 1.807) is 0 Å². The highest BCUT2D eigenvalue weighted by molar-refractivity contribution is 6.16. The van der Waals surface area contributed by atoms with Crippen LogP contribution in [0.3, 0.4) is 0 Å². The van der Waals surface area contributed by atoms with Crippen LogP contribution in [0.15, 0.2) is 78.9 Å². The SMILES string of the molecule is Cc1cc2c3c(ccc4cc(-c5ccc6ccccc6c5)cc(c43)C2(C)C)c1. The lowest BCUT2D eigenvalue weighted by atomic mass is 9.80. The van der Waals surface area contributed by atoms with Crippen LogP contribution in [-0.2, 0) is 5.41 Å². The Morgan fingerprint density at radius 3 is 1.93 bits per heavy atom. The minimum absolute atomic E-state index is 0.0269. The van der Waals surface area contributed by atoms with Crippen molar-refractivity contribution in [3.05, 3.63) is 95.6 Å². The third kappa shape index (κ3) is 2.01. The van der Waals surface area contributed by atoms with Crippen LogP contribution in [0.2, 0.25) is 0 Å². The largest absolute Gasteiger partial charge is 0.0616 e. The van der Waals surface area contributed by atoms with Crippen LogP contribution in [0.25, 0.3) is 43.4 Å². The van der Waals surface area contributed by atoms with Gasteiger partial charge in [0, 0.05) is 5.41 Å². The average molecular weight is 358 g/mol. The molecule has 0 aliphatic heterocycles. The van der Waals surface area contributed by atoms with Crippen molar-refractivity contribution < 1.29 is 0 Å². The van der Waals surface area contributed by atoms with E-state index in [0.29, 0.717) is 0 Å². The Morgan fingerprint density at radius 2 is 1.14 bits per heavy atom. The summed E-state index contributed by atoms with van der Waals surface area (Å²) in [5, 5.41) is 8.21. The molecular weight excluding hydrogens is 336 g/mol. The monoisotopic (exact) mass is 358 g/mol. The van der Waals surface area contributed by atoms with Gasteiger partial charge in [-0.15, -0.1) is 0 Å². The molecule has 0 unspecified atom stereocenters. The predicted molar refractivity (Wildman–Crippen MR) is 121 cm³/mol. The second-order valence-corrected chi connectivity index (χ2v) is 8.79. The molecule has 0 heteroatoms. The molecule has 0 fully saturated rings. The molecule has 0 aromatic heterocycles. The van der Waals surface area contributed by atoms with Gasteiger partial charge in [0.25, 0.3) is 0 Å². The van der Waals surface area contributed by atoms with Crippen molar-refractivity contribution in [2.45, 2.75) is 26.2 Å². The van der Waals surface area contributed by atoms with E-state index in [2.05, 4.69) is 99.6 Å².